The smallest absolute Gasteiger partial charge is 0.342 e. The number of halogens is 1. The van der Waals surface area contributed by atoms with Gasteiger partial charge in [0.1, 0.15) is 16.3 Å². The van der Waals surface area contributed by atoms with Gasteiger partial charge in [0.25, 0.3) is 5.91 Å². The summed E-state index contributed by atoms with van der Waals surface area (Å²) in [5, 5.41) is 10.8. The number of phenols is 1. The highest BCUT2D eigenvalue weighted by atomic mass is 35.5. The van der Waals surface area contributed by atoms with Crippen molar-refractivity contribution in [2.45, 2.75) is 19.6 Å². The number of para-hydroxylation sites is 1. The van der Waals surface area contributed by atoms with Gasteiger partial charge in [-0.3, -0.25) is 4.79 Å². The van der Waals surface area contributed by atoms with E-state index in [1.807, 2.05) is 24.3 Å². The third-order valence-corrected chi connectivity index (χ3v) is 5.15. The molecule has 3 aromatic rings. The number of amides is 1. The maximum absolute atomic E-state index is 12.5. The van der Waals surface area contributed by atoms with Crippen LogP contribution in [0.3, 0.4) is 0 Å². The Bertz CT molecular complexity index is 971. The van der Waals surface area contributed by atoms with E-state index in [1.165, 1.54) is 41.4 Å². The molecule has 1 amide bonds. The molecule has 0 aliphatic heterocycles. The summed E-state index contributed by atoms with van der Waals surface area (Å²) in [6.45, 7) is 1.79. The lowest BCUT2D eigenvalue weighted by Gasteiger charge is -2.20. The van der Waals surface area contributed by atoms with Gasteiger partial charge in [0, 0.05) is 12.1 Å². The molecule has 0 aliphatic carbocycles. The highest BCUT2D eigenvalue weighted by Gasteiger charge is 2.24. The number of rotatable bonds is 5. The van der Waals surface area contributed by atoms with E-state index in [-0.39, 0.29) is 22.2 Å². The molecule has 27 heavy (non-hydrogen) atoms. The molecule has 1 aromatic heterocycles. The molecule has 8 heteroatoms. The zero-order valence-electron chi connectivity index (χ0n) is 14.7. The molecule has 2 aromatic carbocycles. The number of aromatic nitrogens is 1. The predicted molar refractivity (Wildman–Crippen MR) is 104 cm³/mol. The minimum atomic E-state index is -1.02. The summed E-state index contributed by atoms with van der Waals surface area (Å²) in [5.41, 5.74) is 0.797. The Hall–Kier alpha value is -2.64. The van der Waals surface area contributed by atoms with Gasteiger partial charge >= 0.3 is 5.97 Å². The molecule has 0 spiro atoms. The van der Waals surface area contributed by atoms with Gasteiger partial charge < -0.3 is 14.7 Å². The van der Waals surface area contributed by atoms with E-state index >= 15 is 0 Å². The number of likely N-dealkylation sites (N-methyl/N-ethyl adjacent to an activating group) is 1. The lowest BCUT2D eigenvalue weighted by atomic mass is 10.2. The van der Waals surface area contributed by atoms with Gasteiger partial charge in [0.15, 0.2) is 6.10 Å². The zero-order chi connectivity index (χ0) is 19.6. The molecule has 0 saturated carbocycles. The number of hydrogen-bond donors (Lipinski definition) is 1. The van der Waals surface area contributed by atoms with Crippen LogP contribution in [-0.4, -0.2) is 40.0 Å². The second-order valence-electron chi connectivity index (χ2n) is 5.98. The van der Waals surface area contributed by atoms with Crippen LogP contribution >= 0.6 is 22.9 Å². The van der Waals surface area contributed by atoms with Gasteiger partial charge in [-0.15, -0.1) is 11.3 Å². The summed E-state index contributed by atoms with van der Waals surface area (Å²) in [6.07, 6.45) is -1.02. The minimum Gasteiger partial charge on any atom is -0.507 e. The molecule has 1 unspecified atom stereocenters. The largest absolute Gasteiger partial charge is 0.507 e. The van der Waals surface area contributed by atoms with Crippen molar-refractivity contribution in [3.63, 3.8) is 0 Å². The van der Waals surface area contributed by atoms with Crippen LogP contribution in [0.25, 0.3) is 10.2 Å². The van der Waals surface area contributed by atoms with Gasteiger partial charge in [-0.1, -0.05) is 23.7 Å². The Labute approximate surface area is 165 Å². The van der Waals surface area contributed by atoms with Crippen molar-refractivity contribution in [1.82, 2.24) is 9.88 Å². The molecule has 0 fully saturated rings. The average Bonchev–Trinajstić information content (AvgIpc) is 3.05. The fraction of sp³-hybridized carbons (Fsp3) is 0.211. The third kappa shape index (κ3) is 4.37. The van der Waals surface area contributed by atoms with Crippen molar-refractivity contribution in [3.8, 4) is 5.75 Å². The number of carbonyl (C=O) groups is 2. The third-order valence-electron chi connectivity index (χ3n) is 3.90. The lowest BCUT2D eigenvalue weighted by Crippen LogP contribution is -2.37. The van der Waals surface area contributed by atoms with E-state index in [0.29, 0.717) is 6.54 Å². The lowest BCUT2D eigenvalue weighted by molar-refractivity contribution is -0.139. The van der Waals surface area contributed by atoms with Crippen LogP contribution in [0.15, 0.2) is 42.5 Å². The SMILES string of the molecule is CC(OC(=O)c1cc(Cl)ccc1O)C(=O)N(C)Cc1nc2ccccc2s1. The van der Waals surface area contributed by atoms with E-state index in [1.54, 1.807) is 7.05 Å². The molecule has 1 atom stereocenters. The molecule has 1 heterocycles. The summed E-state index contributed by atoms with van der Waals surface area (Å²) < 4.78 is 6.23. The second-order valence-corrected chi connectivity index (χ2v) is 7.53. The van der Waals surface area contributed by atoms with E-state index in [4.69, 9.17) is 16.3 Å². The van der Waals surface area contributed by atoms with Crippen molar-refractivity contribution in [3.05, 3.63) is 58.1 Å². The molecule has 0 bridgehead atoms. The van der Waals surface area contributed by atoms with Crippen molar-refractivity contribution >= 4 is 45.0 Å². The van der Waals surface area contributed by atoms with Gasteiger partial charge in [0.2, 0.25) is 0 Å². The zero-order valence-corrected chi connectivity index (χ0v) is 16.3. The number of nitrogens with zero attached hydrogens (tertiary/aromatic N) is 2. The van der Waals surface area contributed by atoms with Crippen LogP contribution in [0.2, 0.25) is 5.02 Å². The Morgan fingerprint density at radius 2 is 2.04 bits per heavy atom. The van der Waals surface area contributed by atoms with Crippen molar-refractivity contribution in [2.24, 2.45) is 0 Å². The molecular formula is C19H17ClN2O4S. The highest BCUT2D eigenvalue weighted by Crippen LogP contribution is 2.24. The minimum absolute atomic E-state index is 0.0871. The van der Waals surface area contributed by atoms with Crippen LogP contribution in [0.4, 0.5) is 0 Å². The molecule has 0 saturated heterocycles. The summed E-state index contributed by atoms with van der Waals surface area (Å²) in [5.74, 6) is -1.44. The van der Waals surface area contributed by atoms with Gasteiger partial charge in [0.05, 0.1) is 16.8 Å². The number of hydrogen-bond acceptors (Lipinski definition) is 6. The van der Waals surface area contributed by atoms with E-state index in [0.717, 1.165) is 15.2 Å². The van der Waals surface area contributed by atoms with Gasteiger partial charge in [-0.25, -0.2) is 9.78 Å². The summed E-state index contributed by atoms with van der Waals surface area (Å²) >= 11 is 7.34. The number of phenolic OH excluding ortho intramolecular Hbond substituents is 1. The van der Waals surface area contributed by atoms with Crippen molar-refractivity contribution < 1.29 is 19.4 Å². The summed E-state index contributed by atoms with van der Waals surface area (Å²) in [7, 11) is 1.62. The normalized spacial score (nSPS) is 12.0. The first-order valence-corrected chi connectivity index (χ1v) is 9.33. The maximum atomic E-state index is 12.5. The molecule has 0 radical (unpaired) electrons. The van der Waals surface area contributed by atoms with E-state index in [2.05, 4.69) is 4.98 Å². The fourth-order valence-electron chi connectivity index (χ4n) is 2.52. The van der Waals surface area contributed by atoms with Crippen molar-refractivity contribution in [2.75, 3.05) is 7.05 Å². The number of aromatic hydroxyl groups is 1. The topological polar surface area (TPSA) is 79.7 Å². The Kier molecular flexibility index (Phi) is 5.62. The molecule has 0 aliphatic rings. The van der Waals surface area contributed by atoms with E-state index in [9.17, 15) is 14.7 Å². The first kappa shape index (κ1) is 19.1. The van der Waals surface area contributed by atoms with Crippen LogP contribution in [-0.2, 0) is 16.1 Å². The van der Waals surface area contributed by atoms with E-state index < -0.39 is 12.1 Å². The number of esters is 1. The Morgan fingerprint density at radius 1 is 1.30 bits per heavy atom. The second kappa shape index (κ2) is 7.94. The standard InChI is InChI=1S/C19H17ClN2O4S/c1-11(26-19(25)13-9-12(20)7-8-15(13)23)18(24)22(2)10-17-21-14-5-3-4-6-16(14)27-17/h3-9,11,23H,10H2,1-2H3. The highest BCUT2D eigenvalue weighted by molar-refractivity contribution is 7.18. The fourth-order valence-corrected chi connectivity index (χ4v) is 3.72. The number of carbonyl (C=O) groups excluding carboxylic acids is 2. The number of ether oxygens (including phenoxy) is 1. The Morgan fingerprint density at radius 3 is 2.78 bits per heavy atom. The van der Waals surface area contributed by atoms with Crippen LogP contribution < -0.4 is 0 Å². The molecule has 3 rings (SSSR count). The molecule has 6 nitrogen and oxygen atoms in total. The number of fused-ring (bicyclic) bond motifs is 1. The molecular weight excluding hydrogens is 388 g/mol. The average molecular weight is 405 g/mol. The first-order chi connectivity index (χ1) is 12.8. The quantitative estimate of drug-likeness (QED) is 0.653. The number of benzene rings is 2. The monoisotopic (exact) mass is 404 g/mol. The summed E-state index contributed by atoms with van der Waals surface area (Å²) in [6, 6.07) is 11.8. The number of thiazole rings is 1. The first-order valence-electron chi connectivity index (χ1n) is 8.14. The maximum Gasteiger partial charge on any atom is 0.342 e. The summed E-state index contributed by atoms with van der Waals surface area (Å²) in [4.78, 5) is 30.7. The molecule has 1 N–H and O–H groups in total. The van der Waals surface area contributed by atoms with Crippen molar-refractivity contribution in [1.29, 1.82) is 0 Å². The van der Waals surface area contributed by atoms with Gasteiger partial charge in [-0.05, 0) is 37.3 Å². The van der Waals surface area contributed by atoms with Crippen LogP contribution in [0, 0.1) is 0 Å². The van der Waals surface area contributed by atoms with Crippen LogP contribution in [0.5, 0.6) is 5.75 Å². The van der Waals surface area contributed by atoms with Crippen LogP contribution in [0.1, 0.15) is 22.3 Å². The predicted octanol–water partition coefficient (Wildman–Crippen LogP) is 3.86. The Balaban J connectivity index is 1.65. The molecule has 140 valence electrons. The van der Waals surface area contributed by atoms with Gasteiger partial charge in [-0.2, -0.15) is 0 Å².